The maximum absolute atomic E-state index is 10.4. The van der Waals surface area contributed by atoms with E-state index in [4.69, 9.17) is 5.73 Å². The van der Waals surface area contributed by atoms with Gasteiger partial charge in [0.1, 0.15) is 12.4 Å². The summed E-state index contributed by atoms with van der Waals surface area (Å²) in [6, 6.07) is 0.226. The molecule has 9 heteroatoms. The summed E-state index contributed by atoms with van der Waals surface area (Å²) in [6.07, 6.45) is 2.57. The van der Waals surface area contributed by atoms with Gasteiger partial charge in [-0.1, -0.05) is 0 Å². The number of aliphatic imine (C=N–C) groups is 1. The molecular weight excluding hydrogens is 351 g/mol. The van der Waals surface area contributed by atoms with Crippen molar-refractivity contribution >= 4 is 35.6 Å². The normalized spacial score (nSPS) is 11.2. The molecule has 0 fully saturated rings. The van der Waals surface area contributed by atoms with Crippen LogP contribution in [0.4, 0.5) is 5.69 Å². The first kappa shape index (κ1) is 16.6. The quantitative estimate of drug-likeness (QED) is 0.262. The van der Waals surface area contributed by atoms with E-state index in [0.29, 0.717) is 19.0 Å². The highest BCUT2D eigenvalue weighted by Gasteiger charge is 2.07. The molecule has 0 radical (unpaired) electrons. The summed E-state index contributed by atoms with van der Waals surface area (Å²) < 4.78 is 1.46. The molecule has 3 N–H and O–H groups in total. The van der Waals surface area contributed by atoms with Crippen LogP contribution in [0.5, 0.6) is 0 Å². The number of nitrogens with two attached hydrogens (primary N) is 1. The molecule has 0 saturated heterocycles. The number of aromatic nitrogens is 2. The van der Waals surface area contributed by atoms with Crippen molar-refractivity contribution in [3.8, 4) is 0 Å². The topological polar surface area (TPSA) is 111 Å². The second-order valence-electron chi connectivity index (χ2n) is 3.78. The maximum Gasteiger partial charge on any atom is 0.306 e. The van der Waals surface area contributed by atoms with E-state index in [9.17, 15) is 10.1 Å². The van der Waals surface area contributed by atoms with Crippen LogP contribution in [-0.2, 0) is 6.54 Å². The summed E-state index contributed by atoms with van der Waals surface area (Å²) >= 11 is 0. The zero-order valence-corrected chi connectivity index (χ0v) is 12.6. The van der Waals surface area contributed by atoms with Crippen molar-refractivity contribution in [1.82, 2.24) is 15.1 Å². The van der Waals surface area contributed by atoms with Gasteiger partial charge >= 0.3 is 5.69 Å². The molecular formula is C9H17IN6O2. The molecule has 18 heavy (non-hydrogen) atoms. The molecule has 102 valence electrons. The number of nitro groups is 1. The molecule has 0 bridgehead atoms. The standard InChI is InChI=1S/C9H16N6O2.HI/c1-7(2)13-9(10)11-3-4-14-6-8(5-12-14)15(16)17;/h5-7H,3-4H2,1-2H3,(H3,10,11,13);1H. The highest BCUT2D eigenvalue weighted by atomic mass is 127. The van der Waals surface area contributed by atoms with Crippen molar-refractivity contribution in [2.75, 3.05) is 6.54 Å². The molecule has 0 atom stereocenters. The van der Waals surface area contributed by atoms with E-state index in [-0.39, 0.29) is 35.7 Å². The first-order valence-corrected chi connectivity index (χ1v) is 5.22. The SMILES string of the molecule is CC(C)NC(N)=NCCn1cc([N+](=O)[O-])cn1.I. The van der Waals surface area contributed by atoms with E-state index in [2.05, 4.69) is 15.4 Å². The molecule has 1 aromatic heterocycles. The molecule has 0 saturated carbocycles. The van der Waals surface area contributed by atoms with Crippen LogP contribution in [0.1, 0.15) is 13.8 Å². The van der Waals surface area contributed by atoms with Gasteiger partial charge in [0.05, 0.1) is 18.0 Å². The third-order valence-electron chi connectivity index (χ3n) is 1.88. The summed E-state index contributed by atoms with van der Waals surface area (Å²) in [7, 11) is 0. The smallest absolute Gasteiger partial charge is 0.306 e. The average Bonchev–Trinajstić information content (AvgIpc) is 2.65. The second kappa shape index (κ2) is 7.84. The van der Waals surface area contributed by atoms with Crippen molar-refractivity contribution in [3.05, 3.63) is 22.5 Å². The summed E-state index contributed by atoms with van der Waals surface area (Å²) in [6.45, 7) is 4.79. The Bertz CT molecular complexity index is 417. The van der Waals surface area contributed by atoms with Crippen molar-refractivity contribution in [1.29, 1.82) is 0 Å². The predicted molar refractivity (Wildman–Crippen MR) is 79.1 cm³/mol. The van der Waals surface area contributed by atoms with Crippen LogP contribution >= 0.6 is 24.0 Å². The van der Waals surface area contributed by atoms with Crippen molar-refractivity contribution < 1.29 is 4.92 Å². The molecule has 0 aliphatic carbocycles. The lowest BCUT2D eigenvalue weighted by molar-refractivity contribution is -0.385. The molecule has 0 aromatic carbocycles. The minimum absolute atomic E-state index is 0. The fourth-order valence-electron chi connectivity index (χ4n) is 1.18. The lowest BCUT2D eigenvalue weighted by Crippen LogP contribution is -2.37. The van der Waals surface area contributed by atoms with Gasteiger partial charge in [-0.15, -0.1) is 24.0 Å². The molecule has 0 spiro atoms. The molecule has 1 aromatic rings. The Morgan fingerprint density at radius 2 is 2.39 bits per heavy atom. The third-order valence-corrected chi connectivity index (χ3v) is 1.88. The number of nitrogens with one attached hydrogen (secondary N) is 1. The third kappa shape index (κ3) is 5.80. The molecule has 0 amide bonds. The van der Waals surface area contributed by atoms with Gasteiger partial charge in [-0.25, -0.2) is 0 Å². The van der Waals surface area contributed by atoms with Crippen molar-refractivity contribution in [3.63, 3.8) is 0 Å². The molecule has 0 aliphatic rings. The van der Waals surface area contributed by atoms with E-state index in [0.717, 1.165) is 0 Å². The Kier molecular flexibility index (Phi) is 7.24. The highest BCUT2D eigenvalue weighted by molar-refractivity contribution is 14.0. The Morgan fingerprint density at radius 1 is 1.72 bits per heavy atom. The summed E-state index contributed by atoms with van der Waals surface area (Å²) in [5, 5.41) is 17.2. The van der Waals surface area contributed by atoms with E-state index in [1.807, 2.05) is 13.8 Å². The number of guanidine groups is 1. The summed E-state index contributed by atoms with van der Waals surface area (Å²) in [4.78, 5) is 14.0. The van der Waals surface area contributed by atoms with E-state index in [1.54, 1.807) is 0 Å². The van der Waals surface area contributed by atoms with Crippen LogP contribution in [0.15, 0.2) is 17.4 Å². The van der Waals surface area contributed by atoms with Gasteiger partial charge in [0.15, 0.2) is 5.96 Å². The average molecular weight is 368 g/mol. The molecule has 0 aliphatic heterocycles. The molecule has 8 nitrogen and oxygen atoms in total. The molecule has 0 unspecified atom stereocenters. The minimum Gasteiger partial charge on any atom is -0.370 e. The first-order valence-electron chi connectivity index (χ1n) is 5.22. The van der Waals surface area contributed by atoms with Gasteiger partial charge < -0.3 is 11.1 Å². The minimum atomic E-state index is -0.485. The van der Waals surface area contributed by atoms with Gasteiger partial charge in [0.25, 0.3) is 0 Å². The zero-order chi connectivity index (χ0) is 12.8. The van der Waals surface area contributed by atoms with Crippen molar-refractivity contribution in [2.45, 2.75) is 26.4 Å². The number of nitrogens with zero attached hydrogens (tertiary/aromatic N) is 4. The Labute approximate surface area is 122 Å². The van der Waals surface area contributed by atoms with Gasteiger partial charge in [0.2, 0.25) is 0 Å². The maximum atomic E-state index is 10.4. The fraction of sp³-hybridized carbons (Fsp3) is 0.556. The monoisotopic (exact) mass is 368 g/mol. The predicted octanol–water partition coefficient (Wildman–Crippen LogP) is 0.722. The summed E-state index contributed by atoms with van der Waals surface area (Å²) in [5.74, 6) is 0.363. The van der Waals surface area contributed by atoms with Crippen LogP contribution in [0.25, 0.3) is 0 Å². The van der Waals surface area contributed by atoms with Crippen molar-refractivity contribution in [2.24, 2.45) is 10.7 Å². The number of hydrogen-bond donors (Lipinski definition) is 2. The van der Waals surface area contributed by atoms with Crippen LogP contribution in [0.3, 0.4) is 0 Å². The number of hydrogen-bond acceptors (Lipinski definition) is 4. The zero-order valence-electron chi connectivity index (χ0n) is 10.2. The lowest BCUT2D eigenvalue weighted by atomic mass is 10.4. The fourth-order valence-corrected chi connectivity index (χ4v) is 1.18. The Hall–Kier alpha value is -1.39. The van der Waals surface area contributed by atoms with Crippen LogP contribution in [-0.4, -0.2) is 33.2 Å². The first-order chi connectivity index (χ1) is 7.99. The van der Waals surface area contributed by atoms with E-state index >= 15 is 0 Å². The Balaban J connectivity index is 0.00000289. The van der Waals surface area contributed by atoms with E-state index in [1.165, 1.54) is 17.1 Å². The van der Waals surface area contributed by atoms with Gasteiger partial charge in [-0.2, -0.15) is 5.10 Å². The van der Waals surface area contributed by atoms with Gasteiger partial charge in [0, 0.05) is 6.04 Å². The van der Waals surface area contributed by atoms with Gasteiger partial charge in [-0.3, -0.25) is 19.8 Å². The van der Waals surface area contributed by atoms with Crippen LogP contribution in [0.2, 0.25) is 0 Å². The number of halogens is 1. The lowest BCUT2D eigenvalue weighted by Gasteiger charge is -2.08. The molecule has 1 rings (SSSR count). The van der Waals surface area contributed by atoms with Crippen LogP contribution < -0.4 is 11.1 Å². The number of rotatable bonds is 5. The second-order valence-corrected chi connectivity index (χ2v) is 3.78. The van der Waals surface area contributed by atoms with E-state index < -0.39 is 4.92 Å². The van der Waals surface area contributed by atoms with Crippen LogP contribution in [0, 0.1) is 10.1 Å². The summed E-state index contributed by atoms with van der Waals surface area (Å²) in [5.41, 5.74) is 5.57. The van der Waals surface area contributed by atoms with Gasteiger partial charge in [-0.05, 0) is 13.8 Å². The largest absolute Gasteiger partial charge is 0.370 e. The molecule has 1 heterocycles. The highest BCUT2D eigenvalue weighted by Crippen LogP contribution is 2.07. The Morgan fingerprint density at radius 3 is 2.89 bits per heavy atom.